The number of carbonyl (C=O) groups is 2. The zero-order valence-electron chi connectivity index (χ0n) is 15.4. The van der Waals surface area contributed by atoms with E-state index in [1.54, 1.807) is 0 Å². The van der Waals surface area contributed by atoms with E-state index in [4.69, 9.17) is 11.1 Å². The van der Waals surface area contributed by atoms with Crippen LogP contribution < -0.4 is 11.1 Å². The van der Waals surface area contributed by atoms with Gasteiger partial charge in [0, 0.05) is 22.7 Å². The molecule has 4 N–H and O–H groups in total. The monoisotopic (exact) mass is 425 g/mol. The minimum Gasteiger partial charge on any atom is -0.384 e. The summed E-state index contributed by atoms with van der Waals surface area (Å²) in [6, 6.07) is 5.49. The Morgan fingerprint density at radius 3 is 2.37 bits per heavy atom. The number of ketones is 1. The van der Waals surface area contributed by atoms with Gasteiger partial charge in [0.25, 0.3) is 5.91 Å². The number of nitrogen functional groups attached to an aromatic ring is 1. The molecule has 3 rings (SSSR count). The number of carbonyl (C=O) groups excluding carboxylic acids is 2. The number of amides is 1. The van der Waals surface area contributed by atoms with Crippen LogP contribution in [0.4, 0.5) is 27.6 Å². The molecular formula is C20H16F5N3O2. The third kappa shape index (κ3) is 4.47. The van der Waals surface area contributed by atoms with Gasteiger partial charge in [0.2, 0.25) is 0 Å². The molecule has 0 heterocycles. The minimum absolute atomic E-state index is 0.0124. The lowest BCUT2D eigenvalue weighted by molar-refractivity contribution is -0.141. The molecule has 1 aliphatic rings. The Morgan fingerprint density at radius 1 is 1.17 bits per heavy atom. The average Bonchev–Trinajstić information content (AvgIpc) is 2.62. The second-order valence-corrected chi connectivity index (χ2v) is 6.97. The minimum atomic E-state index is -4.45. The number of Topliss-reactive ketones (excluding diaryl/α,β-unsaturated/α-hetero) is 1. The number of nitrogens with two attached hydrogens (primary N) is 1. The maximum absolute atomic E-state index is 14.1. The van der Waals surface area contributed by atoms with Crippen molar-refractivity contribution < 1.29 is 31.5 Å². The molecule has 30 heavy (non-hydrogen) atoms. The van der Waals surface area contributed by atoms with Crippen molar-refractivity contribution in [1.82, 2.24) is 0 Å². The van der Waals surface area contributed by atoms with Crippen LogP contribution >= 0.6 is 0 Å². The predicted molar refractivity (Wildman–Crippen MR) is 98.6 cm³/mol. The molecule has 5 nitrogen and oxygen atoms in total. The van der Waals surface area contributed by atoms with Crippen LogP contribution in [0.25, 0.3) is 0 Å². The van der Waals surface area contributed by atoms with Gasteiger partial charge in [-0.1, -0.05) is 0 Å². The zero-order valence-corrected chi connectivity index (χ0v) is 15.4. The Hall–Kier alpha value is -3.30. The summed E-state index contributed by atoms with van der Waals surface area (Å²) < 4.78 is 66.1. The Bertz CT molecular complexity index is 1030. The van der Waals surface area contributed by atoms with E-state index in [9.17, 15) is 31.5 Å². The highest BCUT2D eigenvalue weighted by Gasteiger charge is 2.38. The molecule has 0 aromatic heterocycles. The molecule has 158 valence electrons. The van der Waals surface area contributed by atoms with Crippen molar-refractivity contribution in [1.29, 1.82) is 5.41 Å². The predicted octanol–water partition coefficient (Wildman–Crippen LogP) is 4.20. The Morgan fingerprint density at radius 2 is 1.80 bits per heavy atom. The molecule has 1 atom stereocenters. The van der Waals surface area contributed by atoms with Gasteiger partial charge in [0.1, 0.15) is 23.0 Å². The number of amidine groups is 1. The van der Waals surface area contributed by atoms with Crippen molar-refractivity contribution >= 4 is 23.2 Å². The highest BCUT2D eigenvalue weighted by molar-refractivity contribution is 6.06. The van der Waals surface area contributed by atoms with Crippen LogP contribution in [-0.2, 0) is 6.42 Å². The van der Waals surface area contributed by atoms with Gasteiger partial charge in [0.15, 0.2) is 5.78 Å². The molecule has 0 fully saturated rings. The van der Waals surface area contributed by atoms with Gasteiger partial charge in [-0.3, -0.25) is 15.0 Å². The lowest BCUT2D eigenvalue weighted by Gasteiger charge is -2.24. The fourth-order valence-corrected chi connectivity index (χ4v) is 3.41. The molecule has 10 heteroatoms. The van der Waals surface area contributed by atoms with Crippen molar-refractivity contribution in [3.05, 3.63) is 64.2 Å². The van der Waals surface area contributed by atoms with Crippen molar-refractivity contribution in [2.75, 3.05) is 5.32 Å². The first kappa shape index (κ1) is 21.4. The van der Waals surface area contributed by atoms with Gasteiger partial charge < -0.3 is 11.1 Å². The maximum atomic E-state index is 14.1. The fraction of sp³-hybridized carbons (Fsp3) is 0.250. The van der Waals surface area contributed by atoms with E-state index in [1.165, 1.54) is 18.2 Å². The molecular weight excluding hydrogens is 409 g/mol. The standard InChI is InChI=1S/C20H16F5N3O2/c21-14-6-11(18(26)27)7-15(22)16(14)19(30)28-12-3-4-13-9(5-12)1-2-10(17(13)29)8-20(23,24)25/h3-7,10H,1-2,8H2,(H3,26,27)(H,28,30). The van der Waals surface area contributed by atoms with Gasteiger partial charge in [-0.15, -0.1) is 0 Å². The summed E-state index contributed by atoms with van der Waals surface area (Å²) >= 11 is 0. The number of anilines is 1. The molecule has 0 radical (unpaired) electrons. The number of alkyl halides is 3. The second kappa shape index (κ2) is 7.85. The molecule has 0 spiro atoms. The van der Waals surface area contributed by atoms with E-state index in [0.29, 0.717) is 5.56 Å². The van der Waals surface area contributed by atoms with Crippen molar-refractivity contribution in [3.8, 4) is 0 Å². The van der Waals surface area contributed by atoms with E-state index in [2.05, 4.69) is 5.32 Å². The number of hydrogen-bond acceptors (Lipinski definition) is 3. The van der Waals surface area contributed by atoms with Crippen molar-refractivity contribution in [2.45, 2.75) is 25.4 Å². The van der Waals surface area contributed by atoms with E-state index in [-0.39, 0.29) is 29.7 Å². The maximum Gasteiger partial charge on any atom is 0.389 e. The van der Waals surface area contributed by atoms with Crippen LogP contribution in [-0.4, -0.2) is 23.7 Å². The number of hydrogen-bond donors (Lipinski definition) is 3. The van der Waals surface area contributed by atoms with Crippen LogP contribution in [0, 0.1) is 23.0 Å². The molecule has 1 aliphatic carbocycles. The average molecular weight is 425 g/mol. The Labute approximate surface area is 167 Å². The van der Waals surface area contributed by atoms with E-state index in [0.717, 1.165) is 12.1 Å². The summed E-state index contributed by atoms with van der Waals surface area (Å²) in [5.74, 6) is -5.86. The number of fused-ring (bicyclic) bond motifs is 1. The largest absolute Gasteiger partial charge is 0.389 e. The van der Waals surface area contributed by atoms with Crippen LogP contribution in [0.1, 0.15) is 44.7 Å². The van der Waals surface area contributed by atoms with Crippen LogP contribution in [0.15, 0.2) is 30.3 Å². The molecule has 0 saturated heterocycles. The molecule has 2 aromatic carbocycles. The lowest BCUT2D eigenvalue weighted by atomic mass is 9.81. The normalized spacial score (nSPS) is 16.2. The quantitative estimate of drug-likeness (QED) is 0.389. The first-order valence-corrected chi connectivity index (χ1v) is 8.85. The van der Waals surface area contributed by atoms with Gasteiger partial charge in [-0.2, -0.15) is 13.2 Å². The molecule has 0 saturated carbocycles. The summed E-state index contributed by atoms with van der Waals surface area (Å²) in [6.45, 7) is 0. The first-order chi connectivity index (χ1) is 14.0. The number of aryl methyl sites for hydroxylation is 1. The van der Waals surface area contributed by atoms with Crippen LogP contribution in [0.2, 0.25) is 0 Å². The summed E-state index contributed by atoms with van der Waals surface area (Å²) in [7, 11) is 0. The highest BCUT2D eigenvalue weighted by Crippen LogP contribution is 2.35. The molecule has 1 unspecified atom stereocenters. The molecule has 0 aliphatic heterocycles. The molecule has 1 amide bonds. The summed E-state index contributed by atoms with van der Waals surface area (Å²) in [5, 5.41) is 9.52. The fourth-order valence-electron chi connectivity index (χ4n) is 3.41. The Balaban J connectivity index is 1.81. The van der Waals surface area contributed by atoms with E-state index >= 15 is 0 Å². The SMILES string of the molecule is N=C(N)c1cc(F)c(C(=O)Nc2ccc3c(c2)CCC(CC(F)(F)F)C3=O)c(F)c1. The van der Waals surface area contributed by atoms with Crippen LogP contribution in [0.5, 0.6) is 0 Å². The molecule has 0 bridgehead atoms. The van der Waals surface area contributed by atoms with E-state index in [1.807, 2.05) is 0 Å². The molecule has 2 aromatic rings. The summed E-state index contributed by atoms with van der Waals surface area (Å²) in [4.78, 5) is 24.6. The highest BCUT2D eigenvalue weighted by atomic mass is 19.4. The second-order valence-electron chi connectivity index (χ2n) is 6.97. The van der Waals surface area contributed by atoms with E-state index < -0.39 is 53.2 Å². The van der Waals surface area contributed by atoms with Gasteiger partial charge in [0.05, 0.1) is 6.42 Å². The third-order valence-electron chi connectivity index (χ3n) is 4.82. The number of nitrogens with one attached hydrogen (secondary N) is 2. The third-order valence-corrected chi connectivity index (χ3v) is 4.82. The zero-order chi connectivity index (χ0) is 22.2. The number of rotatable bonds is 4. The van der Waals surface area contributed by atoms with Gasteiger partial charge in [-0.05, 0) is 48.7 Å². The van der Waals surface area contributed by atoms with Crippen LogP contribution in [0.3, 0.4) is 0 Å². The topological polar surface area (TPSA) is 96.0 Å². The summed E-state index contributed by atoms with van der Waals surface area (Å²) in [6.07, 6.45) is -5.43. The summed E-state index contributed by atoms with van der Waals surface area (Å²) in [5.41, 5.74) is 4.80. The smallest absolute Gasteiger partial charge is 0.384 e. The first-order valence-electron chi connectivity index (χ1n) is 8.85. The number of benzene rings is 2. The number of halogens is 5. The van der Waals surface area contributed by atoms with Crippen molar-refractivity contribution in [2.24, 2.45) is 11.7 Å². The van der Waals surface area contributed by atoms with Gasteiger partial charge >= 0.3 is 6.18 Å². The van der Waals surface area contributed by atoms with Gasteiger partial charge in [-0.25, -0.2) is 8.78 Å². The lowest BCUT2D eigenvalue weighted by Crippen LogP contribution is -2.27. The Kier molecular flexibility index (Phi) is 5.60. The van der Waals surface area contributed by atoms with Crippen molar-refractivity contribution in [3.63, 3.8) is 0 Å².